The lowest BCUT2D eigenvalue weighted by Crippen LogP contribution is -2.50. The average molecular weight is 564 g/mol. The number of aryl methyl sites for hydroxylation is 1. The maximum atomic E-state index is 13.8. The lowest BCUT2D eigenvalue weighted by atomic mass is 9.93. The Morgan fingerprint density at radius 2 is 1.67 bits per heavy atom. The lowest BCUT2D eigenvalue weighted by molar-refractivity contribution is -0.138. The number of halogens is 1. The monoisotopic (exact) mass is 563 g/mol. The van der Waals surface area contributed by atoms with E-state index < -0.39 is 6.04 Å². The van der Waals surface area contributed by atoms with Gasteiger partial charge in [-0.2, -0.15) is 0 Å². The molecule has 3 amide bonds. The van der Waals surface area contributed by atoms with Gasteiger partial charge in [0.15, 0.2) is 5.17 Å². The summed E-state index contributed by atoms with van der Waals surface area (Å²) in [5.41, 5.74) is 4.49. The first-order chi connectivity index (χ1) is 18.7. The zero-order valence-electron chi connectivity index (χ0n) is 22.1. The van der Waals surface area contributed by atoms with Crippen LogP contribution in [0.25, 0.3) is 0 Å². The normalized spacial score (nSPS) is 19.0. The van der Waals surface area contributed by atoms with Crippen molar-refractivity contribution >= 4 is 51.9 Å². The Hall–Kier alpha value is -3.56. The van der Waals surface area contributed by atoms with Crippen molar-refractivity contribution in [2.45, 2.75) is 33.2 Å². The highest BCUT2D eigenvalue weighted by atomic mass is 35.5. The van der Waals surface area contributed by atoms with Gasteiger partial charge in [-0.3, -0.25) is 14.4 Å². The largest absolute Gasteiger partial charge is 0.339 e. The van der Waals surface area contributed by atoms with Crippen LogP contribution in [-0.2, 0) is 14.4 Å². The molecule has 5 rings (SSSR count). The molecular weight excluding hydrogens is 534 g/mol. The third-order valence-electron chi connectivity index (χ3n) is 7.23. The van der Waals surface area contributed by atoms with Crippen molar-refractivity contribution in [2.75, 3.05) is 31.5 Å². The molecule has 1 fully saturated rings. The first-order valence-electron chi connectivity index (χ1n) is 12.8. The van der Waals surface area contributed by atoms with Gasteiger partial charge in [-0.15, -0.1) is 0 Å². The van der Waals surface area contributed by atoms with Gasteiger partial charge in [0.25, 0.3) is 5.91 Å². The molecule has 3 aliphatic rings. The van der Waals surface area contributed by atoms with Crippen LogP contribution in [0, 0.1) is 6.92 Å². The zero-order valence-corrected chi connectivity index (χ0v) is 23.7. The number of piperazine rings is 1. The molecule has 10 heteroatoms. The van der Waals surface area contributed by atoms with Crippen molar-refractivity contribution in [2.24, 2.45) is 4.99 Å². The summed E-state index contributed by atoms with van der Waals surface area (Å²) in [5, 5.41) is 6.34. The summed E-state index contributed by atoms with van der Waals surface area (Å²) >= 11 is 7.66. The number of nitrogens with zero attached hydrogens (tertiary/aromatic N) is 4. The van der Waals surface area contributed by atoms with E-state index in [1.165, 1.54) is 11.8 Å². The number of para-hydroxylation sites is 1. The van der Waals surface area contributed by atoms with E-state index in [9.17, 15) is 14.4 Å². The molecule has 0 saturated carbocycles. The Morgan fingerprint density at radius 3 is 2.33 bits per heavy atom. The molecule has 0 aliphatic carbocycles. The van der Waals surface area contributed by atoms with Gasteiger partial charge in [0.1, 0.15) is 0 Å². The van der Waals surface area contributed by atoms with E-state index in [0.29, 0.717) is 42.5 Å². The van der Waals surface area contributed by atoms with Gasteiger partial charge in [0.05, 0.1) is 23.7 Å². The molecule has 3 aliphatic heterocycles. The minimum Gasteiger partial charge on any atom is -0.339 e. The number of aliphatic imine (C=N–C) groups is 1. The third kappa shape index (κ3) is 5.60. The SMILES string of the molecule is CC(=O)N1CCN(C(=O)CC2=CSC3=NC(C)=C(C(=O)Nc4ccccc4C)C(c4ccc(Cl)cc4)N23)CC1. The number of benzene rings is 2. The number of thioether (sulfide) groups is 1. The fourth-order valence-electron chi connectivity index (χ4n) is 5.06. The van der Waals surface area contributed by atoms with Crippen LogP contribution in [0.15, 0.2) is 75.9 Å². The Labute approximate surface area is 237 Å². The van der Waals surface area contributed by atoms with E-state index in [1.54, 1.807) is 28.9 Å². The summed E-state index contributed by atoms with van der Waals surface area (Å²) in [5.74, 6) is -0.235. The summed E-state index contributed by atoms with van der Waals surface area (Å²) in [6.07, 6.45) is 0.169. The summed E-state index contributed by atoms with van der Waals surface area (Å²) in [6.45, 7) is 7.41. The Bertz CT molecular complexity index is 1410. The molecule has 39 heavy (non-hydrogen) atoms. The van der Waals surface area contributed by atoms with Gasteiger partial charge in [0, 0.05) is 49.5 Å². The van der Waals surface area contributed by atoms with E-state index in [1.807, 2.05) is 60.6 Å². The van der Waals surface area contributed by atoms with E-state index in [2.05, 4.69) is 5.32 Å². The second kappa shape index (κ2) is 11.3. The van der Waals surface area contributed by atoms with E-state index >= 15 is 0 Å². The molecule has 2 aromatic carbocycles. The molecule has 1 unspecified atom stereocenters. The van der Waals surface area contributed by atoms with Crippen molar-refractivity contribution in [1.82, 2.24) is 14.7 Å². The highest BCUT2D eigenvalue weighted by Crippen LogP contribution is 2.45. The summed E-state index contributed by atoms with van der Waals surface area (Å²) in [7, 11) is 0. The maximum absolute atomic E-state index is 13.8. The molecule has 202 valence electrons. The fourth-order valence-corrected chi connectivity index (χ4v) is 6.15. The average Bonchev–Trinajstić information content (AvgIpc) is 3.31. The van der Waals surface area contributed by atoms with Crippen LogP contribution in [0.3, 0.4) is 0 Å². The minimum atomic E-state index is -0.484. The number of nitrogens with one attached hydrogen (secondary N) is 1. The molecule has 0 radical (unpaired) electrons. The molecule has 1 atom stereocenters. The van der Waals surface area contributed by atoms with Crippen LogP contribution in [0.4, 0.5) is 5.69 Å². The van der Waals surface area contributed by atoms with Gasteiger partial charge in [-0.25, -0.2) is 4.99 Å². The number of rotatable bonds is 5. The number of allylic oxidation sites excluding steroid dienone is 1. The van der Waals surface area contributed by atoms with E-state index in [-0.39, 0.29) is 24.1 Å². The number of carbonyl (C=O) groups is 3. The first kappa shape index (κ1) is 27.0. The molecule has 0 aromatic heterocycles. The number of amides is 3. The second-order valence-electron chi connectivity index (χ2n) is 9.78. The lowest BCUT2D eigenvalue weighted by Gasteiger charge is -2.38. The van der Waals surface area contributed by atoms with Crippen molar-refractivity contribution in [3.63, 3.8) is 0 Å². The molecule has 3 heterocycles. The van der Waals surface area contributed by atoms with E-state index in [0.717, 1.165) is 27.7 Å². The van der Waals surface area contributed by atoms with Crippen LogP contribution in [0.1, 0.15) is 37.4 Å². The zero-order chi connectivity index (χ0) is 27.7. The number of carbonyl (C=O) groups excluding carboxylic acids is 3. The molecule has 1 saturated heterocycles. The second-order valence-corrected chi connectivity index (χ2v) is 11.1. The van der Waals surface area contributed by atoms with Crippen molar-refractivity contribution in [1.29, 1.82) is 0 Å². The van der Waals surface area contributed by atoms with Gasteiger partial charge < -0.3 is 20.0 Å². The molecular formula is C29H30ClN5O3S. The fraction of sp³-hybridized carbons (Fsp3) is 0.310. The van der Waals surface area contributed by atoms with Crippen LogP contribution >= 0.6 is 23.4 Å². The van der Waals surface area contributed by atoms with Crippen molar-refractivity contribution in [3.8, 4) is 0 Å². The predicted molar refractivity (Wildman–Crippen MR) is 155 cm³/mol. The van der Waals surface area contributed by atoms with Gasteiger partial charge in [-0.05, 0) is 48.6 Å². The van der Waals surface area contributed by atoms with Gasteiger partial charge >= 0.3 is 0 Å². The summed E-state index contributed by atoms with van der Waals surface area (Å²) in [6, 6.07) is 14.6. The minimum absolute atomic E-state index is 0.0154. The summed E-state index contributed by atoms with van der Waals surface area (Å²) in [4.78, 5) is 49.2. The van der Waals surface area contributed by atoms with Gasteiger partial charge in [-0.1, -0.05) is 53.7 Å². The van der Waals surface area contributed by atoms with Gasteiger partial charge in [0.2, 0.25) is 11.8 Å². The highest BCUT2D eigenvalue weighted by Gasteiger charge is 2.41. The molecule has 0 spiro atoms. The Morgan fingerprint density at radius 1 is 1.00 bits per heavy atom. The molecule has 8 nitrogen and oxygen atoms in total. The highest BCUT2D eigenvalue weighted by molar-refractivity contribution is 8.16. The third-order valence-corrected chi connectivity index (χ3v) is 8.38. The van der Waals surface area contributed by atoms with Crippen LogP contribution in [0.2, 0.25) is 5.02 Å². The van der Waals surface area contributed by atoms with Crippen LogP contribution < -0.4 is 5.32 Å². The number of fused-ring (bicyclic) bond motifs is 1. The molecule has 1 N–H and O–H groups in total. The van der Waals surface area contributed by atoms with Crippen molar-refractivity contribution in [3.05, 3.63) is 87.1 Å². The smallest absolute Gasteiger partial charge is 0.255 e. The Kier molecular flexibility index (Phi) is 7.81. The van der Waals surface area contributed by atoms with Crippen molar-refractivity contribution < 1.29 is 14.4 Å². The quantitative estimate of drug-likeness (QED) is 0.557. The molecule has 2 aromatic rings. The maximum Gasteiger partial charge on any atom is 0.255 e. The first-order valence-corrected chi connectivity index (χ1v) is 14.1. The topological polar surface area (TPSA) is 85.3 Å². The number of anilines is 1. The number of amidine groups is 1. The van der Waals surface area contributed by atoms with Crippen LogP contribution in [0.5, 0.6) is 0 Å². The summed E-state index contributed by atoms with van der Waals surface area (Å²) < 4.78 is 0. The predicted octanol–water partition coefficient (Wildman–Crippen LogP) is 4.94. The van der Waals surface area contributed by atoms with Crippen LogP contribution in [-0.4, -0.2) is 63.8 Å². The standard InChI is InChI=1S/C29H30ClN5O3S/c1-18-6-4-5-7-24(18)32-28(38)26-19(2)31-29-35(27(26)21-8-10-22(30)11-9-21)23(17-39-29)16-25(37)34-14-12-33(13-15-34)20(3)36/h4-11,17,27H,12-16H2,1-3H3,(H,32,38). The van der Waals surface area contributed by atoms with E-state index in [4.69, 9.17) is 16.6 Å². The Balaban J connectivity index is 1.44. The number of hydrogen-bond acceptors (Lipinski definition) is 6. The molecule has 0 bridgehead atoms. The number of hydrogen-bond donors (Lipinski definition) is 1.